The van der Waals surface area contributed by atoms with Crippen LogP contribution in [0.5, 0.6) is 0 Å². The Morgan fingerprint density at radius 1 is 0.913 bits per heavy atom. The van der Waals surface area contributed by atoms with Crippen LogP contribution in [0.4, 0.5) is 0 Å². The number of aliphatic carboxylic acids is 2. The summed E-state index contributed by atoms with van der Waals surface area (Å²) >= 11 is 0. The summed E-state index contributed by atoms with van der Waals surface area (Å²) in [6, 6.07) is 0. The van der Waals surface area contributed by atoms with E-state index in [2.05, 4.69) is 24.5 Å². The molecule has 0 fully saturated rings. The van der Waals surface area contributed by atoms with Gasteiger partial charge in [0.25, 0.3) is 0 Å². The van der Waals surface area contributed by atoms with Gasteiger partial charge in [0.15, 0.2) is 0 Å². The number of hydrogen-bond donors (Lipinski definition) is 1. The SMILES string of the molecule is C=C(C)C(=O)OCCCO.C=C(C)C(=O)[O-].C=C(C)C(=O)[O-].[Ca+2]. The van der Waals surface area contributed by atoms with E-state index in [9.17, 15) is 24.6 Å². The zero-order chi connectivity index (χ0) is 18.3. The molecule has 126 valence electrons. The average molecular weight is 354 g/mol. The van der Waals surface area contributed by atoms with Crippen LogP contribution >= 0.6 is 0 Å². The van der Waals surface area contributed by atoms with Crippen molar-refractivity contribution in [1.82, 2.24) is 0 Å². The van der Waals surface area contributed by atoms with Crippen LogP contribution in [-0.4, -0.2) is 74.0 Å². The van der Waals surface area contributed by atoms with Gasteiger partial charge in [-0.05, 0) is 31.9 Å². The molecule has 0 aliphatic carbocycles. The molecule has 0 aromatic heterocycles. The third-order valence-corrected chi connectivity index (χ3v) is 1.58. The molecule has 0 radical (unpaired) electrons. The van der Waals surface area contributed by atoms with Crippen molar-refractivity contribution in [2.75, 3.05) is 13.2 Å². The molecule has 0 aromatic rings. The largest absolute Gasteiger partial charge is 2.00 e. The summed E-state index contributed by atoms with van der Waals surface area (Å²) in [5.74, 6) is -2.77. The van der Waals surface area contributed by atoms with Crippen molar-refractivity contribution in [3.8, 4) is 0 Å². The summed E-state index contributed by atoms with van der Waals surface area (Å²) in [4.78, 5) is 29.6. The van der Waals surface area contributed by atoms with Crippen molar-refractivity contribution < 1.29 is 34.4 Å². The fourth-order valence-corrected chi connectivity index (χ4v) is 0.353. The third-order valence-electron chi connectivity index (χ3n) is 1.58. The minimum Gasteiger partial charge on any atom is -0.545 e. The van der Waals surface area contributed by atoms with Gasteiger partial charge >= 0.3 is 43.7 Å². The van der Waals surface area contributed by atoms with Crippen molar-refractivity contribution in [3.05, 3.63) is 36.5 Å². The molecule has 0 aliphatic heterocycles. The number of carboxylic acid groups (broad SMARTS) is 2. The fourth-order valence-electron chi connectivity index (χ4n) is 0.353. The van der Waals surface area contributed by atoms with E-state index in [-0.39, 0.29) is 62.1 Å². The number of rotatable bonds is 6. The van der Waals surface area contributed by atoms with Gasteiger partial charge in [-0.1, -0.05) is 19.7 Å². The molecule has 8 heteroatoms. The molecule has 0 atom stereocenters. The zero-order valence-corrected chi connectivity index (χ0v) is 16.1. The number of aliphatic hydroxyl groups excluding tert-OH is 1. The van der Waals surface area contributed by atoms with Gasteiger partial charge in [-0.2, -0.15) is 0 Å². The third kappa shape index (κ3) is 29.5. The monoisotopic (exact) mass is 354 g/mol. The van der Waals surface area contributed by atoms with Crippen LogP contribution in [0.3, 0.4) is 0 Å². The van der Waals surface area contributed by atoms with Crippen LogP contribution in [0.1, 0.15) is 27.2 Å². The number of carbonyl (C=O) groups is 3. The van der Waals surface area contributed by atoms with Gasteiger partial charge in [0.05, 0.1) is 18.5 Å². The van der Waals surface area contributed by atoms with Crippen molar-refractivity contribution >= 4 is 55.6 Å². The second-order valence-electron chi connectivity index (χ2n) is 4.13. The molecule has 0 spiro atoms. The molecule has 0 unspecified atom stereocenters. The van der Waals surface area contributed by atoms with Gasteiger partial charge in [0.1, 0.15) is 0 Å². The maximum absolute atomic E-state index is 10.6. The van der Waals surface area contributed by atoms with Crippen LogP contribution in [0.25, 0.3) is 0 Å². The molecule has 1 N–H and O–H groups in total. The predicted molar refractivity (Wildman–Crippen MR) is 82.9 cm³/mol. The molecular weight excluding hydrogens is 332 g/mol. The number of esters is 1. The molecule has 0 heterocycles. The first-order chi connectivity index (χ1) is 9.97. The van der Waals surface area contributed by atoms with Crippen molar-refractivity contribution in [2.24, 2.45) is 0 Å². The smallest absolute Gasteiger partial charge is 0.545 e. The molecule has 0 aromatic carbocycles. The first kappa shape index (κ1) is 29.8. The molecule has 0 amide bonds. The Labute approximate surface area is 166 Å². The van der Waals surface area contributed by atoms with Crippen LogP contribution in [0, 0.1) is 0 Å². The number of carboxylic acids is 2. The molecule has 0 saturated heterocycles. The molecule has 0 aliphatic rings. The Balaban J connectivity index is -0.000000122. The van der Waals surface area contributed by atoms with E-state index in [0.29, 0.717) is 12.0 Å². The molecule has 0 saturated carbocycles. The zero-order valence-electron chi connectivity index (χ0n) is 13.8. The summed E-state index contributed by atoms with van der Waals surface area (Å²) < 4.78 is 4.65. The summed E-state index contributed by atoms with van der Waals surface area (Å²) in [6.07, 6.45) is 0.485. The molecule has 23 heavy (non-hydrogen) atoms. The summed E-state index contributed by atoms with van der Waals surface area (Å²) in [5, 5.41) is 27.3. The van der Waals surface area contributed by atoms with Crippen LogP contribution in [0.15, 0.2) is 36.5 Å². The Morgan fingerprint density at radius 2 is 1.22 bits per heavy atom. The van der Waals surface area contributed by atoms with Crippen LogP contribution in [0.2, 0.25) is 0 Å². The van der Waals surface area contributed by atoms with Crippen LogP contribution in [-0.2, 0) is 19.1 Å². The first-order valence-corrected chi connectivity index (χ1v) is 6.14. The quantitative estimate of drug-likeness (QED) is 0.273. The van der Waals surface area contributed by atoms with E-state index in [0.717, 1.165) is 0 Å². The Kier molecular flexibility index (Phi) is 24.5. The Bertz CT molecular complexity index is 380. The predicted octanol–water partition coefficient (Wildman–Crippen LogP) is -1.27. The number of hydrogen-bond acceptors (Lipinski definition) is 7. The van der Waals surface area contributed by atoms with Gasteiger partial charge in [-0.15, -0.1) is 0 Å². The summed E-state index contributed by atoms with van der Waals surface area (Å²) in [5.41, 5.74) is 0.517. The van der Waals surface area contributed by atoms with Gasteiger partial charge in [0, 0.05) is 18.6 Å². The standard InChI is InChI=1S/C7H12O3.2C4H6O2.Ca/c1-6(2)7(9)10-5-3-4-8;2*1-3(2)4(5)6;/h8H,1,3-5H2,2H3;2*1H2,2H3,(H,5,6);/q;;;+2/p-2. The van der Waals surface area contributed by atoms with Gasteiger partial charge < -0.3 is 29.6 Å². The van der Waals surface area contributed by atoms with E-state index >= 15 is 0 Å². The fraction of sp³-hybridized carbons (Fsp3) is 0.400. The van der Waals surface area contributed by atoms with Crippen LogP contribution < -0.4 is 10.2 Å². The van der Waals surface area contributed by atoms with Gasteiger partial charge in [-0.25, -0.2) is 4.79 Å². The molecule has 0 rings (SSSR count). The van der Waals surface area contributed by atoms with E-state index in [1.54, 1.807) is 6.92 Å². The van der Waals surface area contributed by atoms with E-state index < -0.39 is 17.9 Å². The molecule has 0 bridgehead atoms. The maximum atomic E-state index is 10.6. The Morgan fingerprint density at radius 3 is 1.39 bits per heavy atom. The topological polar surface area (TPSA) is 127 Å². The molecule has 7 nitrogen and oxygen atoms in total. The minimum atomic E-state index is -1.19. The summed E-state index contributed by atoms with van der Waals surface area (Å²) in [6.45, 7) is 14.2. The van der Waals surface area contributed by atoms with E-state index in [4.69, 9.17) is 5.11 Å². The second kappa shape index (κ2) is 18.9. The molecular formula is C15H22CaO7. The van der Waals surface area contributed by atoms with Crippen molar-refractivity contribution in [1.29, 1.82) is 0 Å². The van der Waals surface area contributed by atoms with Crippen molar-refractivity contribution in [2.45, 2.75) is 27.2 Å². The van der Waals surface area contributed by atoms with Crippen molar-refractivity contribution in [3.63, 3.8) is 0 Å². The number of ether oxygens (including phenoxy) is 1. The van der Waals surface area contributed by atoms with Gasteiger partial charge in [-0.3, -0.25) is 0 Å². The maximum Gasteiger partial charge on any atom is 2.00 e. The average Bonchev–Trinajstić information content (AvgIpc) is 2.39. The minimum absolute atomic E-state index is 0. The van der Waals surface area contributed by atoms with E-state index in [1.807, 2.05) is 0 Å². The van der Waals surface area contributed by atoms with E-state index in [1.165, 1.54) is 13.8 Å². The Hall–Kier alpha value is -1.15. The first-order valence-electron chi connectivity index (χ1n) is 6.14. The van der Waals surface area contributed by atoms with Gasteiger partial charge in [0.2, 0.25) is 0 Å². The number of aliphatic hydroxyl groups is 1. The summed E-state index contributed by atoms with van der Waals surface area (Å²) in [7, 11) is 0. The number of carbonyl (C=O) groups excluding carboxylic acids is 3. The second-order valence-corrected chi connectivity index (χ2v) is 4.13. The normalized spacial score (nSPS) is 7.83.